The first-order valence-electron chi connectivity index (χ1n) is 9.97. The second-order valence-electron chi connectivity index (χ2n) is 7.62. The molecule has 1 aliphatic rings. The smallest absolute Gasteiger partial charge is 0.262 e. The summed E-state index contributed by atoms with van der Waals surface area (Å²) < 4.78 is 5.33. The van der Waals surface area contributed by atoms with E-state index in [-0.39, 0.29) is 12.2 Å². The van der Waals surface area contributed by atoms with E-state index in [4.69, 9.17) is 4.52 Å². The topological polar surface area (TPSA) is 146 Å². The van der Waals surface area contributed by atoms with E-state index in [0.717, 1.165) is 11.4 Å². The van der Waals surface area contributed by atoms with Gasteiger partial charge in [-0.25, -0.2) is 15.0 Å². The number of nitrogens with one attached hydrogen (secondary N) is 2. The number of carbonyl (C=O) groups excluding carboxylic acids is 1. The van der Waals surface area contributed by atoms with Crippen LogP contribution in [0.25, 0.3) is 22.8 Å². The van der Waals surface area contributed by atoms with Gasteiger partial charge in [0, 0.05) is 32.3 Å². The quantitative estimate of drug-likeness (QED) is 0.431. The number of carbonyl (C=O) groups is 1. The molecule has 4 aromatic heterocycles. The Bertz CT molecular complexity index is 1300. The summed E-state index contributed by atoms with van der Waals surface area (Å²) in [5.74, 6) is 0.114. The molecule has 0 bridgehead atoms. The molecule has 1 aliphatic heterocycles. The van der Waals surface area contributed by atoms with Crippen molar-refractivity contribution < 1.29 is 14.4 Å². The Kier molecular flexibility index (Phi) is 4.67. The van der Waals surface area contributed by atoms with Crippen LogP contribution in [0, 0.1) is 6.92 Å². The van der Waals surface area contributed by atoms with Crippen LogP contribution in [0.4, 0.5) is 11.6 Å². The maximum absolute atomic E-state index is 12.3. The fraction of sp³-hybridized carbons (Fsp3) is 0.238. The molecule has 3 N–H and O–H groups in total. The SMILES string of the molecule is Cc1[nH]ncc1Nc1nccc(-c2cccc(-c3cc(C4(O)CCN(C)C4=O)on3)n2)n1. The zero-order valence-electron chi connectivity index (χ0n) is 17.4. The summed E-state index contributed by atoms with van der Waals surface area (Å²) in [5, 5.41) is 24.7. The number of anilines is 2. The second kappa shape index (κ2) is 7.54. The van der Waals surface area contributed by atoms with E-state index in [0.29, 0.717) is 35.3 Å². The van der Waals surface area contributed by atoms with Gasteiger partial charge in [0.05, 0.1) is 34.7 Å². The van der Waals surface area contributed by atoms with Gasteiger partial charge in [-0.15, -0.1) is 0 Å². The highest BCUT2D eigenvalue weighted by molar-refractivity contribution is 5.87. The lowest BCUT2D eigenvalue weighted by Gasteiger charge is -2.16. The van der Waals surface area contributed by atoms with E-state index >= 15 is 0 Å². The van der Waals surface area contributed by atoms with Crippen LogP contribution in [-0.2, 0) is 10.4 Å². The molecule has 162 valence electrons. The van der Waals surface area contributed by atoms with Gasteiger partial charge >= 0.3 is 0 Å². The average molecular weight is 432 g/mol. The number of aromatic nitrogens is 6. The summed E-state index contributed by atoms with van der Waals surface area (Å²) in [4.78, 5) is 27.2. The maximum atomic E-state index is 12.3. The summed E-state index contributed by atoms with van der Waals surface area (Å²) in [7, 11) is 1.64. The molecule has 0 aliphatic carbocycles. The lowest BCUT2D eigenvalue weighted by molar-refractivity contribution is -0.144. The molecular formula is C21H20N8O3. The van der Waals surface area contributed by atoms with E-state index in [1.54, 1.807) is 37.6 Å². The lowest BCUT2D eigenvalue weighted by atomic mass is 9.98. The standard InChI is InChI=1S/C21H20N8O3/c1-12-17(11-23-27-12)26-20-22-8-6-15(25-20)13-4-3-5-14(24-13)16-10-18(32-28-16)21(31)7-9-29(2)19(21)30/h3-6,8,10-11,31H,7,9H2,1-2H3,(H,23,27)(H,22,25,26). The highest BCUT2D eigenvalue weighted by Gasteiger charge is 2.48. The molecule has 5 rings (SSSR count). The van der Waals surface area contributed by atoms with E-state index in [1.807, 2.05) is 19.1 Å². The average Bonchev–Trinajstić information content (AvgIpc) is 3.52. The first-order chi connectivity index (χ1) is 15.4. The Morgan fingerprint density at radius 2 is 1.97 bits per heavy atom. The molecular weight excluding hydrogens is 412 g/mol. The van der Waals surface area contributed by atoms with Gasteiger partial charge in [0.25, 0.3) is 5.91 Å². The number of H-pyrrole nitrogens is 1. The van der Waals surface area contributed by atoms with Gasteiger partial charge in [0.1, 0.15) is 5.69 Å². The van der Waals surface area contributed by atoms with Crippen molar-refractivity contribution in [2.24, 2.45) is 0 Å². The van der Waals surface area contributed by atoms with Gasteiger partial charge in [-0.1, -0.05) is 11.2 Å². The Hall–Kier alpha value is -4.12. The van der Waals surface area contributed by atoms with Crippen molar-refractivity contribution in [3.05, 3.63) is 54.2 Å². The molecule has 1 saturated heterocycles. The highest BCUT2D eigenvalue weighted by Crippen LogP contribution is 2.34. The van der Waals surface area contributed by atoms with Crippen LogP contribution in [0.1, 0.15) is 17.9 Å². The Labute approximate surface area is 182 Å². The molecule has 0 saturated carbocycles. The fourth-order valence-electron chi connectivity index (χ4n) is 3.55. The Morgan fingerprint density at radius 3 is 2.69 bits per heavy atom. The van der Waals surface area contributed by atoms with E-state index in [2.05, 4.69) is 35.6 Å². The third kappa shape index (κ3) is 3.38. The summed E-state index contributed by atoms with van der Waals surface area (Å²) in [6.07, 6.45) is 3.55. The van der Waals surface area contributed by atoms with Crippen molar-refractivity contribution in [1.29, 1.82) is 0 Å². The minimum Gasteiger partial charge on any atom is -0.373 e. The molecule has 1 atom stereocenters. The normalized spacial score (nSPS) is 18.3. The monoisotopic (exact) mass is 432 g/mol. The third-order valence-corrected chi connectivity index (χ3v) is 5.43. The number of likely N-dealkylation sites (tertiary alicyclic amines) is 1. The number of hydrogen-bond donors (Lipinski definition) is 3. The van der Waals surface area contributed by atoms with Crippen molar-refractivity contribution in [2.45, 2.75) is 18.9 Å². The molecule has 1 unspecified atom stereocenters. The molecule has 0 aromatic carbocycles. The zero-order chi connectivity index (χ0) is 22.3. The summed E-state index contributed by atoms with van der Waals surface area (Å²) >= 11 is 0. The lowest BCUT2D eigenvalue weighted by Crippen LogP contribution is -2.35. The van der Waals surface area contributed by atoms with Crippen LogP contribution in [0.2, 0.25) is 0 Å². The van der Waals surface area contributed by atoms with Crippen LogP contribution in [-0.4, -0.2) is 59.8 Å². The van der Waals surface area contributed by atoms with Crippen molar-refractivity contribution in [1.82, 2.24) is 35.2 Å². The van der Waals surface area contributed by atoms with Gasteiger partial charge < -0.3 is 19.8 Å². The summed E-state index contributed by atoms with van der Waals surface area (Å²) in [6, 6.07) is 8.72. The van der Waals surface area contributed by atoms with Crippen molar-refractivity contribution in [2.75, 3.05) is 18.9 Å². The number of amides is 1. The number of aryl methyl sites for hydroxylation is 1. The number of aliphatic hydroxyl groups is 1. The molecule has 1 amide bonds. The summed E-state index contributed by atoms with van der Waals surface area (Å²) in [6.45, 7) is 2.34. The predicted molar refractivity (Wildman–Crippen MR) is 114 cm³/mol. The predicted octanol–water partition coefficient (Wildman–Crippen LogP) is 2.02. The molecule has 0 radical (unpaired) electrons. The largest absolute Gasteiger partial charge is 0.373 e. The van der Waals surface area contributed by atoms with Crippen LogP contribution in [0.5, 0.6) is 0 Å². The van der Waals surface area contributed by atoms with Crippen LogP contribution >= 0.6 is 0 Å². The minimum atomic E-state index is -1.70. The van der Waals surface area contributed by atoms with Gasteiger partial charge in [-0.3, -0.25) is 9.89 Å². The van der Waals surface area contributed by atoms with Gasteiger partial charge in [0.15, 0.2) is 5.76 Å². The van der Waals surface area contributed by atoms with E-state index in [1.165, 1.54) is 4.90 Å². The number of pyridine rings is 1. The molecule has 4 aromatic rings. The summed E-state index contributed by atoms with van der Waals surface area (Å²) in [5.41, 5.74) is 2.12. The minimum absolute atomic E-state index is 0.109. The zero-order valence-corrected chi connectivity index (χ0v) is 17.4. The first-order valence-corrected chi connectivity index (χ1v) is 9.97. The molecule has 32 heavy (non-hydrogen) atoms. The highest BCUT2D eigenvalue weighted by atomic mass is 16.5. The van der Waals surface area contributed by atoms with Crippen LogP contribution in [0.15, 0.2) is 47.2 Å². The Balaban J connectivity index is 1.43. The molecule has 11 heteroatoms. The number of hydrogen-bond acceptors (Lipinski definition) is 9. The number of rotatable bonds is 5. The van der Waals surface area contributed by atoms with Crippen molar-refractivity contribution in [3.63, 3.8) is 0 Å². The maximum Gasteiger partial charge on any atom is 0.262 e. The van der Waals surface area contributed by atoms with Crippen molar-refractivity contribution >= 4 is 17.5 Å². The first kappa shape index (κ1) is 19.8. The van der Waals surface area contributed by atoms with Gasteiger partial charge in [-0.2, -0.15) is 5.10 Å². The molecule has 1 fully saturated rings. The number of nitrogens with zero attached hydrogens (tertiary/aromatic N) is 6. The second-order valence-corrected chi connectivity index (χ2v) is 7.62. The van der Waals surface area contributed by atoms with Gasteiger partial charge in [-0.05, 0) is 25.1 Å². The third-order valence-electron chi connectivity index (χ3n) is 5.43. The molecule has 0 spiro atoms. The molecule has 5 heterocycles. The fourth-order valence-corrected chi connectivity index (χ4v) is 3.55. The number of aromatic amines is 1. The van der Waals surface area contributed by atoms with E-state index < -0.39 is 11.5 Å². The van der Waals surface area contributed by atoms with Crippen LogP contribution in [0.3, 0.4) is 0 Å². The van der Waals surface area contributed by atoms with Gasteiger partial charge in [0.2, 0.25) is 11.5 Å². The van der Waals surface area contributed by atoms with Crippen LogP contribution < -0.4 is 5.32 Å². The Morgan fingerprint density at radius 1 is 1.19 bits per heavy atom. The molecule has 11 nitrogen and oxygen atoms in total. The van der Waals surface area contributed by atoms with E-state index in [9.17, 15) is 9.90 Å². The number of likely N-dealkylation sites (N-methyl/N-ethyl adjacent to an activating group) is 1. The van der Waals surface area contributed by atoms with Crippen molar-refractivity contribution in [3.8, 4) is 22.8 Å².